The van der Waals surface area contributed by atoms with Crippen LogP contribution < -0.4 is 5.32 Å². The molecule has 18 heavy (non-hydrogen) atoms. The number of nitrogens with one attached hydrogen (secondary N) is 1. The lowest BCUT2D eigenvalue weighted by Crippen LogP contribution is -2.02. The largest absolute Gasteiger partial charge is 0.394 e. The summed E-state index contributed by atoms with van der Waals surface area (Å²) in [6, 6.07) is 9.37. The minimum absolute atomic E-state index is 0.0875. The summed E-state index contributed by atoms with van der Waals surface area (Å²) in [5.74, 6) is 0. The first-order valence-corrected chi connectivity index (χ1v) is 5.68. The molecule has 1 aromatic heterocycles. The molecule has 0 unspecified atom stereocenters. The number of aliphatic hydroxyl groups is 1. The summed E-state index contributed by atoms with van der Waals surface area (Å²) < 4.78 is 1.70. The van der Waals surface area contributed by atoms with E-state index in [2.05, 4.69) is 16.5 Å². The van der Waals surface area contributed by atoms with Crippen molar-refractivity contribution < 1.29 is 5.11 Å². The molecular formula is C13H14N4O. The van der Waals surface area contributed by atoms with Gasteiger partial charge in [0.05, 0.1) is 31.0 Å². The molecule has 2 rings (SSSR count). The van der Waals surface area contributed by atoms with Gasteiger partial charge < -0.3 is 10.4 Å². The van der Waals surface area contributed by atoms with Gasteiger partial charge in [0.15, 0.2) is 0 Å². The standard InChI is InChI=1S/C13H14N4O/c14-7-11-1-3-13(4-2-11)15-8-12-9-16-17(10-12)5-6-18/h1-4,9-10,15,18H,5-6,8H2. The van der Waals surface area contributed by atoms with Crippen molar-refractivity contribution in [1.82, 2.24) is 9.78 Å². The van der Waals surface area contributed by atoms with Crippen molar-refractivity contribution >= 4 is 5.69 Å². The molecule has 0 aliphatic carbocycles. The summed E-state index contributed by atoms with van der Waals surface area (Å²) >= 11 is 0. The number of rotatable bonds is 5. The summed E-state index contributed by atoms with van der Waals surface area (Å²) in [5, 5.41) is 24.8. The van der Waals surface area contributed by atoms with Gasteiger partial charge in [-0.1, -0.05) is 0 Å². The molecule has 0 atom stereocenters. The van der Waals surface area contributed by atoms with Gasteiger partial charge in [0.1, 0.15) is 0 Å². The van der Waals surface area contributed by atoms with Crippen LogP contribution in [0.4, 0.5) is 5.69 Å². The first-order chi connectivity index (χ1) is 8.81. The van der Waals surface area contributed by atoms with E-state index in [1.165, 1.54) is 0 Å². The van der Waals surface area contributed by atoms with Gasteiger partial charge in [0.25, 0.3) is 0 Å². The van der Waals surface area contributed by atoms with Gasteiger partial charge >= 0.3 is 0 Å². The normalized spacial score (nSPS) is 10.0. The third-order valence-electron chi connectivity index (χ3n) is 2.53. The predicted molar refractivity (Wildman–Crippen MR) is 67.8 cm³/mol. The maximum absolute atomic E-state index is 8.78. The fraction of sp³-hybridized carbons (Fsp3) is 0.231. The molecule has 0 aliphatic rings. The molecule has 0 aliphatic heterocycles. The number of nitriles is 1. The van der Waals surface area contributed by atoms with Crippen LogP contribution >= 0.6 is 0 Å². The molecule has 2 N–H and O–H groups in total. The van der Waals surface area contributed by atoms with E-state index in [9.17, 15) is 0 Å². The Kier molecular flexibility index (Phi) is 3.94. The van der Waals surface area contributed by atoms with Crippen LogP contribution in [0.2, 0.25) is 0 Å². The lowest BCUT2D eigenvalue weighted by molar-refractivity contribution is 0.269. The SMILES string of the molecule is N#Cc1ccc(NCc2cnn(CCO)c2)cc1. The van der Waals surface area contributed by atoms with E-state index in [1.54, 1.807) is 23.0 Å². The van der Waals surface area contributed by atoms with Crippen molar-refractivity contribution in [2.45, 2.75) is 13.1 Å². The Morgan fingerprint density at radius 3 is 2.78 bits per heavy atom. The second kappa shape index (κ2) is 5.84. The number of aromatic nitrogens is 2. The maximum Gasteiger partial charge on any atom is 0.0991 e. The van der Waals surface area contributed by atoms with Crippen LogP contribution in [0, 0.1) is 11.3 Å². The Hall–Kier alpha value is -2.32. The van der Waals surface area contributed by atoms with Gasteiger partial charge in [-0.15, -0.1) is 0 Å². The van der Waals surface area contributed by atoms with E-state index >= 15 is 0 Å². The van der Waals surface area contributed by atoms with Crippen molar-refractivity contribution in [2.75, 3.05) is 11.9 Å². The van der Waals surface area contributed by atoms with Crippen molar-refractivity contribution in [3.8, 4) is 6.07 Å². The molecule has 0 amide bonds. The van der Waals surface area contributed by atoms with Gasteiger partial charge in [0, 0.05) is 24.0 Å². The van der Waals surface area contributed by atoms with Crippen molar-refractivity contribution in [3.63, 3.8) is 0 Å². The zero-order valence-corrected chi connectivity index (χ0v) is 9.87. The molecule has 0 radical (unpaired) electrons. The highest BCUT2D eigenvalue weighted by Gasteiger charge is 1.98. The smallest absolute Gasteiger partial charge is 0.0991 e. The molecule has 92 valence electrons. The second-order valence-corrected chi connectivity index (χ2v) is 3.88. The summed E-state index contributed by atoms with van der Waals surface area (Å²) in [6.07, 6.45) is 3.67. The van der Waals surface area contributed by atoms with Crippen LogP contribution in [-0.4, -0.2) is 21.5 Å². The molecule has 0 saturated heterocycles. The Labute approximate surface area is 105 Å². The van der Waals surface area contributed by atoms with Crippen molar-refractivity contribution in [3.05, 3.63) is 47.8 Å². The topological polar surface area (TPSA) is 73.9 Å². The van der Waals surface area contributed by atoms with Crippen LogP contribution in [0.15, 0.2) is 36.7 Å². The first-order valence-electron chi connectivity index (χ1n) is 5.68. The van der Waals surface area contributed by atoms with Gasteiger partial charge in [0.2, 0.25) is 0 Å². The van der Waals surface area contributed by atoms with Gasteiger partial charge in [-0.05, 0) is 24.3 Å². The summed E-state index contributed by atoms with van der Waals surface area (Å²) in [7, 11) is 0. The maximum atomic E-state index is 8.78. The van der Waals surface area contributed by atoms with Crippen molar-refractivity contribution in [1.29, 1.82) is 5.26 Å². The summed E-state index contributed by atoms with van der Waals surface area (Å²) in [4.78, 5) is 0. The number of anilines is 1. The highest BCUT2D eigenvalue weighted by Crippen LogP contribution is 2.10. The first kappa shape index (κ1) is 12.1. The molecule has 5 heteroatoms. The van der Waals surface area contributed by atoms with E-state index in [1.807, 2.05) is 18.3 Å². The minimum Gasteiger partial charge on any atom is -0.394 e. The van der Waals surface area contributed by atoms with Crippen LogP contribution in [0.25, 0.3) is 0 Å². The molecule has 2 aromatic rings. The number of hydrogen-bond acceptors (Lipinski definition) is 4. The average Bonchev–Trinajstić information content (AvgIpc) is 2.85. The lowest BCUT2D eigenvalue weighted by Gasteiger charge is -2.04. The van der Waals surface area contributed by atoms with Crippen LogP contribution in [-0.2, 0) is 13.1 Å². The molecule has 0 bridgehead atoms. The fourth-order valence-electron chi connectivity index (χ4n) is 1.59. The molecule has 5 nitrogen and oxygen atoms in total. The third kappa shape index (κ3) is 3.09. The lowest BCUT2D eigenvalue weighted by atomic mass is 10.2. The number of benzene rings is 1. The number of nitrogens with zero attached hydrogens (tertiary/aromatic N) is 3. The Bertz CT molecular complexity index is 539. The summed E-state index contributed by atoms with van der Waals surface area (Å²) in [5.41, 5.74) is 2.66. The molecule has 1 heterocycles. The van der Waals surface area contributed by atoms with Gasteiger partial charge in [-0.25, -0.2) is 0 Å². The molecule has 1 aromatic carbocycles. The van der Waals surface area contributed by atoms with Crippen LogP contribution in [0.3, 0.4) is 0 Å². The fourth-order valence-corrected chi connectivity index (χ4v) is 1.59. The van der Waals surface area contributed by atoms with Gasteiger partial charge in [-0.2, -0.15) is 10.4 Å². The Morgan fingerprint density at radius 1 is 1.33 bits per heavy atom. The summed E-state index contributed by atoms with van der Waals surface area (Å²) in [6.45, 7) is 1.26. The highest BCUT2D eigenvalue weighted by molar-refractivity contribution is 5.47. The van der Waals surface area contributed by atoms with Gasteiger partial charge in [-0.3, -0.25) is 4.68 Å². The van der Waals surface area contributed by atoms with E-state index < -0.39 is 0 Å². The van der Waals surface area contributed by atoms with E-state index in [4.69, 9.17) is 10.4 Å². The zero-order valence-electron chi connectivity index (χ0n) is 9.87. The number of aliphatic hydroxyl groups excluding tert-OH is 1. The monoisotopic (exact) mass is 242 g/mol. The average molecular weight is 242 g/mol. The van der Waals surface area contributed by atoms with E-state index in [0.29, 0.717) is 18.7 Å². The van der Waals surface area contributed by atoms with E-state index in [-0.39, 0.29) is 6.61 Å². The molecule has 0 saturated carbocycles. The van der Waals surface area contributed by atoms with Crippen LogP contribution in [0.1, 0.15) is 11.1 Å². The second-order valence-electron chi connectivity index (χ2n) is 3.88. The highest BCUT2D eigenvalue weighted by atomic mass is 16.3. The molecule has 0 fully saturated rings. The quantitative estimate of drug-likeness (QED) is 0.830. The van der Waals surface area contributed by atoms with Crippen LogP contribution in [0.5, 0.6) is 0 Å². The zero-order chi connectivity index (χ0) is 12.8. The third-order valence-corrected chi connectivity index (χ3v) is 2.53. The van der Waals surface area contributed by atoms with Crippen molar-refractivity contribution in [2.24, 2.45) is 0 Å². The number of hydrogen-bond donors (Lipinski definition) is 2. The van der Waals surface area contributed by atoms with E-state index in [0.717, 1.165) is 11.3 Å². The molecule has 0 spiro atoms. The predicted octanol–water partition coefficient (Wildman–Crippen LogP) is 1.36. The Balaban J connectivity index is 1.91. The minimum atomic E-state index is 0.0875. The Morgan fingerprint density at radius 2 is 2.11 bits per heavy atom. The molecular weight excluding hydrogens is 228 g/mol.